The lowest BCUT2D eigenvalue weighted by atomic mass is 10.00. The van der Waals surface area contributed by atoms with Gasteiger partial charge in [-0.3, -0.25) is 9.69 Å². The maximum absolute atomic E-state index is 13.5. The lowest BCUT2D eigenvalue weighted by molar-refractivity contribution is -0.0948. The van der Waals surface area contributed by atoms with Crippen LogP contribution in [0.3, 0.4) is 0 Å². The van der Waals surface area contributed by atoms with Crippen molar-refractivity contribution < 1.29 is 13.9 Å². The first-order chi connectivity index (χ1) is 12.2. The Morgan fingerprint density at radius 1 is 1.31 bits per heavy atom. The SMILES string of the molecule is Cc1cc(F)cc2[nH]c(C(=O)NCC(C)(C)N3CC(C)OC(C)C3)cc12. The molecule has 2 atom stereocenters. The molecule has 6 heteroatoms. The van der Waals surface area contributed by atoms with Gasteiger partial charge >= 0.3 is 0 Å². The van der Waals surface area contributed by atoms with Gasteiger partial charge in [0, 0.05) is 36.1 Å². The Balaban J connectivity index is 1.69. The smallest absolute Gasteiger partial charge is 0.267 e. The number of halogens is 1. The van der Waals surface area contributed by atoms with Gasteiger partial charge in [-0.25, -0.2) is 4.39 Å². The van der Waals surface area contributed by atoms with Crippen molar-refractivity contribution in [3.63, 3.8) is 0 Å². The van der Waals surface area contributed by atoms with Crippen LogP contribution in [0.4, 0.5) is 4.39 Å². The number of ether oxygens (including phenoxy) is 1. The minimum absolute atomic E-state index is 0.177. The van der Waals surface area contributed by atoms with E-state index in [1.165, 1.54) is 12.1 Å². The van der Waals surface area contributed by atoms with Gasteiger partial charge < -0.3 is 15.0 Å². The number of aryl methyl sites for hydroxylation is 1. The van der Waals surface area contributed by atoms with E-state index < -0.39 is 0 Å². The Labute approximate surface area is 153 Å². The molecule has 2 unspecified atom stereocenters. The molecule has 1 aromatic carbocycles. The van der Waals surface area contributed by atoms with Crippen LogP contribution in [-0.2, 0) is 4.74 Å². The fourth-order valence-corrected chi connectivity index (χ4v) is 3.67. The minimum Gasteiger partial charge on any atom is -0.373 e. The van der Waals surface area contributed by atoms with Crippen LogP contribution in [0, 0.1) is 12.7 Å². The standard InChI is InChI=1S/C20H28FN3O2/c1-12-6-15(21)7-17-16(12)8-18(23-17)19(25)22-11-20(4,5)24-9-13(2)26-14(3)10-24/h6-8,13-14,23H,9-11H2,1-5H3,(H,22,25). The molecule has 1 saturated heterocycles. The Morgan fingerprint density at radius 2 is 1.96 bits per heavy atom. The predicted molar refractivity (Wildman–Crippen MR) is 101 cm³/mol. The van der Waals surface area contributed by atoms with Crippen LogP contribution in [0.5, 0.6) is 0 Å². The molecule has 142 valence electrons. The van der Waals surface area contributed by atoms with Crippen molar-refractivity contribution in [2.45, 2.75) is 52.4 Å². The number of amides is 1. The Hall–Kier alpha value is -1.92. The number of rotatable bonds is 4. The molecular weight excluding hydrogens is 333 g/mol. The number of nitrogens with zero attached hydrogens (tertiary/aromatic N) is 1. The number of carbonyl (C=O) groups excluding carboxylic acids is 1. The van der Waals surface area contributed by atoms with Crippen LogP contribution in [0.1, 0.15) is 43.7 Å². The molecule has 3 rings (SSSR count). The number of aromatic amines is 1. The first kappa shape index (κ1) is 18.9. The van der Waals surface area contributed by atoms with Crippen LogP contribution in [0.2, 0.25) is 0 Å². The summed E-state index contributed by atoms with van der Waals surface area (Å²) in [6.45, 7) is 12.5. The molecule has 2 heterocycles. The summed E-state index contributed by atoms with van der Waals surface area (Å²) in [5.41, 5.74) is 1.72. The van der Waals surface area contributed by atoms with Gasteiger partial charge in [0.1, 0.15) is 11.5 Å². The van der Waals surface area contributed by atoms with Crippen LogP contribution >= 0.6 is 0 Å². The summed E-state index contributed by atoms with van der Waals surface area (Å²) >= 11 is 0. The van der Waals surface area contributed by atoms with Gasteiger partial charge in [-0.15, -0.1) is 0 Å². The lowest BCUT2D eigenvalue weighted by Crippen LogP contribution is -2.58. The minimum atomic E-state index is -0.305. The second kappa shape index (κ2) is 7.00. The second-order valence-electron chi connectivity index (χ2n) is 8.02. The molecule has 1 aliphatic heterocycles. The number of nitrogens with one attached hydrogen (secondary N) is 2. The van der Waals surface area contributed by atoms with Gasteiger partial charge in [0.15, 0.2) is 0 Å². The van der Waals surface area contributed by atoms with E-state index in [4.69, 9.17) is 4.74 Å². The van der Waals surface area contributed by atoms with E-state index in [0.717, 1.165) is 24.0 Å². The third kappa shape index (κ3) is 3.91. The number of fused-ring (bicyclic) bond motifs is 1. The van der Waals surface area contributed by atoms with E-state index in [-0.39, 0.29) is 29.5 Å². The second-order valence-corrected chi connectivity index (χ2v) is 8.02. The van der Waals surface area contributed by atoms with E-state index in [1.54, 1.807) is 6.07 Å². The maximum atomic E-state index is 13.5. The highest BCUT2D eigenvalue weighted by Crippen LogP contribution is 2.22. The molecule has 0 saturated carbocycles. The zero-order valence-corrected chi connectivity index (χ0v) is 16.1. The van der Waals surface area contributed by atoms with E-state index >= 15 is 0 Å². The third-order valence-electron chi connectivity index (χ3n) is 5.11. The maximum Gasteiger partial charge on any atom is 0.267 e. The first-order valence-corrected chi connectivity index (χ1v) is 9.13. The number of benzene rings is 1. The van der Waals surface area contributed by atoms with Gasteiger partial charge in [-0.2, -0.15) is 0 Å². The molecule has 0 spiro atoms. The molecule has 5 nitrogen and oxygen atoms in total. The normalized spacial score (nSPS) is 21.9. The van der Waals surface area contributed by atoms with Crippen LogP contribution in [0.15, 0.2) is 18.2 Å². The summed E-state index contributed by atoms with van der Waals surface area (Å²) in [6.07, 6.45) is 0.362. The molecule has 26 heavy (non-hydrogen) atoms. The first-order valence-electron chi connectivity index (χ1n) is 9.13. The van der Waals surface area contributed by atoms with Gasteiger partial charge in [0.25, 0.3) is 5.91 Å². The number of hydrogen-bond donors (Lipinski definition) is 2. The average molecular weight is 361 g/mol. The number of carbonyl (C=O) groups is 1. The average Bonchev–Trinajstić information content (AvgIpc) is 2.96. The van der Waals surface area contributed by atoms with Gasteiger partial charge in [-0.1, -0.05) is 0 Å². The largest absolute Gasteiger partial charge is 0.373 e. The summed E-state index contributed by atoms with van der Waals surface area (Å²) in [5, 5.41) is 3.88. The van der Waals surface area contributed by atoms with Crippen LogP contribution in [0.25, 0.3) is 10.9 Å². The summed E-state index contributed by atoms with van der Waals surface area (Å²) in [4.78, 5) is 18.0. The van der Waals surface area contributed by atoms with Gasteiger partial charge in [0.05, 0.1) is 12.2 Å². The zero-order valence-electron chi connectivity index (χ0n) is 16.1. The van der Waals surface area contributed by atoms with E-state index in [9.17, 15) is 9.18 Å². The Kier molecular flexibility index (Phi) is 5.08. The third-order valence-corrected chi connectivity index (χ3v) is 5.11. The van der Waals surface area contributed by atoms with Gasteiger partial charge in [0.2, 0.25) is 0 Å². The van der Waals surface area contributed by atoms with Crippen molar-refractivity contribution in [3.05, 3.63) is 35.3 Å². The summed E-state index contributed by atoms with van der Waals surface area (Å²) in [6, 6.07) is 4.67. The fraction of sp³-hybridized carbons (Fsp3) is 0.550. The molecule has 2 N–H and O–H groups in total. The molecule has 0 bridgehead atoms. The summed E-state index contributed by atoms with van der Waals surface area (Å²) in [7, 11) is 0. The zero-order chi connectivity index (χ0) is 19.1. The van der Waals surface area contributed by atoms with Crippen molar-refractivity contribution in [1.29, 1.82) is 0 Å². The molecule has 1 fully saturated rings. The molecule has 0 radical (unpaired) electrons. The van der Waals surface area contributed by atoms with Crippen molar-refractivity contribution in [2.75, 3.05) is 19.6 Å². The monoisotopic (exact) mass is 361 g/mol. The number of hydrogen-bond acceptors (Lipinski definition) is 3. The highest BCUT2D eigenvalue weighted by molar-refractivity contribution is 5.98. The van der Waals surface area contributed by atoms with E-state index in [1.807, 2.05) is 6.92 Å². The Morgan fingerprint density at radius 3 is 2.62 bits per heavy atom. The molecular formula is C20H28FN3O2. The van der Waals surface area contributed by atoms with Gasteiger partial charge in [-0.05, 0) is 58.4 Å². The molecule has 1 aliphatic rings. The van der Waals surface area contributed by atoms with Crippen molar-refractivity contribution in [1.82, 2.24) is 15.2 Å². The van der Waals surface area contributed by atoms with Crippen molar-refractivity contribution >= 4 is 16.8 Å². The molecule has 1 amide bonds. The number of aromatic nitrogens is 1. The molecule has 1 aromatic heterocycles. The summed E-state index contributed by atoms with van der Waals surface area (Å²) in [5.74, 6) is -0.482. The Bertz CT molecular complexity index is 805. The summed E-state index contributed by atoms with van der Waals surface area (Å²) < 4.78 is 19.3. The quantitative estimate of drug-likeness (QED) is 0.879. The number of morpholine rings is 1. The van der Waals surface area contributed by atoms with Crippen LogP contribution in [-0.4, -0.2) is 53.2 Å². The topological polar surface area (TPSA) is 57.4 Å². The lowest BCUT2D eigenvalue weighted by Gasteiger charge is -2.45. The highest BCUT2D eigenvalue weighted by Gasteiger charge is 2.33. The van der Waals surface area contributed by atoms with Crippen LogP contribution < -0.4 is 5.32 Å². The van der Waals surface area contributed by atoms with Crippen molar-refractivity contribution in [2.24, 2.45) is 0 Å². The van der Waals surface area contributed by atoms with Crippen molar-refractivity contribution in [3.8, 4) is 0 Å². The van der Waals surface area contributed by atoms with E-state index in [2.05, 4.69) is 42.9 Å². The molecule has 0 aliphatic carbocycles. The molecule has 2 aromatic rings. The number of H-pyrrole nitrogens is 1. The van der Waals surface area contributed by atoms with E-state index in [0.29, 0.717) is 17.8 Å². The fourth-order valence-electron chi connectivity index (χ4n) is 3.67. The predicted octanol–water partition coefficient (Wildman–Crippen LogP) is 3.23. The highest BCUT2D eigenvalue weighted by atomic mass is 19.1.